The highest BCUT2D eigenvalue weighted by atomic mass is 32.1. The van der Waals surface area contributed by atoms with Gasteiger partial charge in [0.2, 0.25) is 0 Å². The van der Waals surface area contributed by atoms with Gasteiger partial charge in [-0.15, -0.1) is 11.3 Å². The van der Waals surface area contributed by atoms with Crippen LogP contribution in [0, 0.1) is 0 Å². The molecule has 5 nitrogen and oxygen atoms in total. The molecule has 0 aliphatic carbocycles. The fraction of sp³-hybridized carbons (Fsp3) is 0.312. The SMILES string of the molecule is O=c1[nH]c(-c2ccccn2)nc2sc(C3CCNCC3)cc12. The molecule has 4 rings (SSSR count). The van der Waals surface area contributed by atoms with Crippen LogP contribution in [0.25, 0.3) is 21.7 Å². The molecule has 1 fully saturated rings. The molecule has 112 valence electrons. The molecule has 0 amide bonds. The zero-order valence-corrected chi connectivity index (χ0v) is 12.8. The summed E-state index contributed by atoms with van der Waals surface area (Å²) in [7, 11) is 0. The van der Waals surface area contributed by atoms with Crippen LogP contribution in [0.1, 0.15) is 23.6 Å². The molecule has 3 aromatic heterocycles. The largest absolute Gasteiger partial charge is 0.317 e. The molecule has 1 aliphatic heterocycles. The minimum Gasteiger partial charge on any atom is -0.317 e. The van der Waals surface area contributed by atoms with Gasteiger partial charge < -0.3 is 10.3 Å². The maximum Gasteiger partial charge on any atom is 0.259 e. The second kappa shape index (κ2) is 5.62. The van der Waals surface area contributed by atoms with Gasteiger partial charge in [-0.1, -0.05) is 6.07 Å². The summed E-state index contributed by atoms with van der Waals surface area (Å²) in [5, 5.41) is 4.07. The Hall–Kier alpha value is -2.05. The van der Waals surface area contributed by atoms with E-state index in [0.717, 1.165) is 30.8 Å². The fourth-order valence-corrected chi connectivity index (χ4v) is 4.08. The van der Waals surface area contributed by atoms with E-state index in [1.165, 1.54) is 4.88 Å². The van der Waals surface area contributed by atoms with Crippen molar-refractivity contribution >= 4 is 21.6 Å². The molecule has 0 spiro atoms. The topological polar surface area (TPSA) is 70.7 Å². The molecular formula is C16H16N4OS. The number of aromatic amines is 1. The summed E-state index contributed by atoms with van der Waals surface area (Å²) in [4.78, 5) is 26.1. The van der Waals surface area contributed by atoms with Gasteiger partial charge in [0.05, 0.1) is 5.39 Å². The van der Waals surface area contributed by atoms with Gasteiger partial charge in [0, 0.05) is 11.1 Å². The predicted molar refractivity (Wildman–Crippen MR) is 88.3 cm³/mol. The molecule has 22 heavy (non-hydrogen) atoms. The Morgan fingerprint density at radius 3 is 2.86 bits per heavy atom. The van der Waals surface area contributed by atoms with E-state index in [-0.39, 0.29) is 5.56 Å². The average Bonchev–Trinajstić information content (AvgIpc) is 3.01. The van der Waals surface area contributed by atoms with E-state index in [9.17, 15) is 4.79 Å². The van der Waals surface area contributed by atoms with E-state index in [1.54, 1.807) is 17.5 Å². The van der Waals surface area contributed by atoms with Gasteiger partial charge in [0.15, 0.2) is 5.82 Å². The lowest BCUT2D eigenvalue weighted by molar-refractivity contribution is 0.465. The number of thiophene rings is 1. The third-order valence-corrected chi connectivity index (χ3v) is 5.26. The Balaban J connectivity index is 1.79. The first-order chi connectivity index (χ1) is 10.8. The minimum atomic E-state index is -0.0814. The Labute approximate surface area is 131 Å². The molecule has 6 heteroatoms. The number of nitrogens with zero attached hydrogens (tertiary/aromatic N) is 2. The lowest BCUT2D eigenvalue weighted by atomic mass is 9.96. The number of aromatic nitrogens is 3. The van der Waals surface area contributed by atoms with E-state index in [0.29, 0.717) is 22.8 Å². The summed E-state index contributed by atoms with van der Waals surface area (Å²) in [5.41, 5.74) is 0.611. The molecule has 1 aliphatic rings. The molecule has 2 N–H and O–H groups in total. The minimum absolute atomic E-state index is 0.0814. The maximum atomic E-state index is 12.3. The molecule has 0 bridgehead atoms. The number of hydrogen-bond donors (Lipinski definition) is 2. The zero-order chi connectivity index (χ0) is 14.9. The van der Waals surface area contributed by atoms with Crippen LogP contribution in [0.3, 0.4) is 0 Å². The summed E-state index contributed by atoms with van der Waals surface area (Å²) >= 11 is 1.64. The van der Waals surface area contributed by atoms with Crippen molar-refractivity contribution < 1.29 is 0 Å². The monoisotopic (exact) mass is 312 g/mol. The number of hydrogen-bond acceptors (Lipinski definition) is 5. The van der Waals surface area contributed by atoms with E-state index in [1.807, 2.05) is 24.3 Å². The Bertz CT molecular complexity index is 849. The molecule has 0 aromatic carbocycles. The standard InChI is InChI=1S/C16H16N4OS/c21-15-11-9-13(10-4-7-17-8-5-10)22-16(11)20-14(19-15)12-3-1-2-6-18-12/h1-3,6,9-10,17H,4-5,7-8H2,(H,19,20,21). The average molecular weight is 312 g/mol. The summed E-state index contributed by atoms with van der Waals surface area (Å²) in [6.45, 7) is 2.09. The molecule has 0 unspecified atom stereocenters. The first-order valence-corrected chi connectivity index (χ1v) is 8.29. The Morgan fingerprint density at radius 2 is 2.09 bits per heavy atom. The highest BCUT2D eigenvalue weighted by molar-refractivity contribution is 7.18. The van der Waals surface area contributed by atoms with Crippen LogP contribution < -0.4 is 10.9 Å². The summed E-state index contributed by atoms with van der Waals surface area (Å²) in [6, 6.07) is 7.61. The third kappa shape index (κ3) is 2.44. The smallest absolute Gasteiger partial charge is 0.259 e. The number of rotatable bonds is 2. The maximum absolute atomic E-state index is 12.3. The van der Waals surface area contributed by atoms with Crippen molar-refractivity contribution in [3.8, 4) is 11.5 Å². The van der Waals surface area contributed by atoms with Crippen LogP contribution in [0.5, 0.6) is 0 Å². The second-order valence-corrected chi connectivity index (χ2v) is 6.58. The summed E-state index contributed by atoms with van der Waals surface area (Å²) in [6.07, 6.45) is 3.95. The van der Waals surface area contributed by atoms with E-state index in [4.69, 9.17) is 0 Å². The lowest BCUT2D eigenvalue weighted by Crippen LogP contribution is -2.26. The van der Waals surface area contributed by atoms with E-state index < -0.39 is 0 Å². The van der Waals surface area contributed by atoms with Crippen molar-refractivity contribution in [3.63, 3.8) is 0 Å². The first-order valence-electron chi connectivity index (χ1n) is 7.47. The molecular weight excluding hydrogens is 296 g/mol. The van der Waals surface area contributed by atoms with Gasteiger partial charge in [0.1, 0.15) is 10.5 Å². The molecule has 4 heterocycles. The van der Waals surface area contributed by atoms with E-state index >= 15 is 0 Å². The van der Waals surface area contributed by atoms with E-state index in [2.05, 4.69) is 20.3 Å². The summed E-state index contributed by atoms with van der Waals surface area (Å²) < 4.78 is 0. The highest BCUT2D eigenvalue weighted by Gasteiger charge is 2.19. The van der Waals surface area contributed by atoms with Crippen molar-refractivity contribution in [3.05, 3.63) is 45.7 Å². The van der Waals surface area contributed by atoms with Gasteiger partial charge >= 0.3 is 0 Å². The van der Waals surface area contributed by atoms with Crippen LogP contribution in [-0.4, -0.2) is 28.0 Å². The second-order valence-electron chi connectivity index (χ2n) is 5.52. The van der Waals surface area contributed by atoms with Crippen LogP contribution in [0.15, 0.2) is 35.3 Å². The first kappa shape index (κ1) is 13.6. The molecule has 0 atom stereocenters. The van der Waals surface area contributed by atoms with Crippen molar-refractivity contribution in [2.75, 3.05) is 13.1 Å². The van der Waals surface area contributed by atoms with Gasteiger partial charge in [0.25, 0.3) is 5.56 Å². The summed E-state index contributed by atoms with van der Waals surface area (Å²) in [5.74, 6) is 1.08. The van der Waals surface area contributed by atoms with Crippen molar-refractivity contribution in [2.24, 2.45) is 0 Å². The van der Waals surface area contributed by atoms with Gasteiger partial charge in [-0.05, 0) is 50.0 Å². The van der Waals surface area contributed by atoms with Gasteiger partial charge in [-0.3, -0.25) is 9.78 Å². The van der Waals surface area contributed by atoms with Gasteiger partial charge in [-0.2, -0.15) is 0 Å². The molecule has 0 saturated carbocycles. The van der Waals surface area contributed by atoms with Crippen molar-refractivity contribution in [1.29, 1.82) is 0 Å². The zero-order valence-electron chi connectivity index (χ0n) is 12.0. The van der Waals surface area contributed by atoms with Crippen molar-refractivity contribution in [2.45, 2.75) is 18.8 Å². The molecule has 0 radical (unpaired) electrons. The number of pyridine rings is 1. The normalized spacial score (nSPS) is 16.2. The van der Waals surface area contributed by atoms with Crippen molar-refractivity contribution in [1.82, 2.24) is 20.3 Å². The fourth-order valence-electron chi connectivity index (χ4n) is 2.88. The lowest BCUT2D eigenvalue weighted by Gasteiger charge is -2.21. The Morgan fingerprint density at radius 1 is 1.23 bits per heavy atom. The highest BCUT2D eigenvalue weighted by Crippen LogP contribution is 2.33. The Kier molecular flexibility index (Phi) is 3.48. The van der Waals surface area contributed by atoms with Gasteiger partial charge in [-0.25, -0.2) is 4.98 Å². The molecule has 3 aromatic rings. The number of fused-ring (bicyclic) bond motifs is 1. The van der Waals surface area contributed by atoms with Crippen LogP contribution in [0.2, 0.25) is 0 Å². The predicted octanol–water partition coefficient (Wildman–Crippen LogP) is 2.51. The van der Waals surface area contributed by atoms with Crippen LogP contribution in [-0.2, 0) is 0 Å². The van der Waals surface area contributed by atoms with Crippen LogP contribution in [0.4, 0.5) is 0 Å². The molecule has 1 saturated heterocycles. The van der Waals surface area contributed by atoms with Crippen LogP contribution >= 0.6 is 11.3 Å². The number of H-pyrrole nitrogens is 1. The quantitative estimate of drug-likeness (QED) is 0.763. The number of piperidine rings is 1. The third-order valence-electron chi connectivity index (χ3n) is 4.07. The number of nitrogens with one attached hydrogen (secondary N) is 2.